The van der Waals surface area contributed by atoms with Crippen molar-refractivity contribution < 1.29 is 50.5 Å². The Morgan fingerprint density at radius 2 is 1.51 bits per heavy atom. The first kappa shape index (κ1) is 30.5. The molecule has 0 spiro atoms. The third-order valence-electron chi connectivity index (χ3n) is 5.98. The summed E-state index contributed by atoms with van der Waals surface area (Å²) >= 11 is 5.46. The van der Waals surface area contributed by atoms with Gasteiger partial charge in [0.05, 0.1) is 27.0 Å². The normalized spacial score (nSPS) is 22.5. The molecule has 3 aromatic rings. The first-order valence-electron chi connectivity index (χ1n) is 11.6. The minimum atomic E-state index is -4.08. The predicted octanol–water partition coefficient (Wildman–Crippen LogP) is 3.32. The van der Waals surface area contributed by atoms with Crippen molar-refractivity contribution in [2.24, 2.45) is 0 Å². The second kappa shape index (κ2) is 12.2. The Bertz CT molecular complexity index is 1470. The van der Waals surface area contributed by atoms with Gasteiger partial charge in [-0.3, -0.25) is 18.9 Å². The number of aromatic amines is 1. The number of alkyl halides is 3. The van der Waals surface area contributed by atoms with Gasteiger partial charge in [-0.25, -0.2) is 18.0 Å². The number of ether oxygens (including phenoxy) is 3. The Balaban J connectivity index is 1.65. The predicted molar refractivity (Wildman–Crippen MR) is 139 cm³/mol. The van der Waals surface area contributed by atoms with E-state index >= 15 is 4.39 Å². The molecule has 0 bridgehead atoms. The number of nitrogens with zero attached hydrogens (tertiary/aromatic N) is 1. The molecule has 0 radical (unpaired) electrons. The van der Waals surface area contributed by atoms with E-state index in [1.807, 2.05) is 0 Å². The molecular weight excluding hydrogens is 599 g/mol. The fourth-order valence-corrected chi connectivity index (χ4v) is 5.73. The number of hydrogen-bond acceptors (Lipinski definition) is 10. The summed E-state index contributed by atoms with van der Waals surface area (Å²) in [4.78, 5) is 25.1. The number of aliphatic hydroxyl groups excluding tert-OH is 1. The smallest absolute Gasteiger partial charge is 0.435 e. The number of aromatic nitrogens is 2. The van der Waals surface area contributed by atoms with Gasteiger partial charge < -0.3 is 28.4 Å². The van der Waals surface area contributed by atoms with Gasteiger partial charge in [-0.15, -0.1) is 0 Å². The molecule has 0 amide bonds. The lowest BCUT2D eigenvalue weighted by Gasteiger charge is -2.32. The lowest BCUT2D eigenvalue weighted by Crippen LogP contribution is -2.52. The number of H-pyrrole nitrogens is 1. The van der Waals surface area contributed by atoms with Crippen LogP contribution in [0.25, 0.3) is 0 Å². The van der Waals surface area contributed by atoms with Crippen molar-refractivity contribution in [2.75, 3.05) is 20.8 Å². The molecule has 1 fully saturated rings. The Hall–Kier alpha value is -3.43. The Morgan fingerprint density at radius 1 is 1.02 bits per heavy atom. The second-order valence-electron chi connectivity index (χ2n) is 8.55. The largest absolute Gasteiger partial charge is 0.497 e. The van der Waals surface area contributed by atoms with Crippen LogP contribution in [0.4, 0.5) is 17.6 Å². The van der Waals surface area contributed by atoms with Gasteiger partial charge in [-0.2, -0.15) is 4.39 Å². The monoisotopic (exact) mass is 622 g/mol. The lowest BCUT2D eigenvalue weighted by atomic mass is 9.97. The number of benzene rings is 2. The average molecular weight is 622 g/mol. The van der Waals surface area contributed by atoms with E-state index < -0.39 is 60.9 Å². The molecule has 4 atom stereocenters. The van der Waals surface area contributed by atoms with Crippen molar-refractivity contribution in [2.45, 2.75) is 30.5 Å². The summed E-state index contributed by atoms with van der Waals surface area (Å²) in [5, 5.41) is 10.5. The van der Waals surface area contributed by atoms with E-state index in [0.717, 1.165) is 0 Å². The highest BCUT2D eigenvalue weighted by atomic mass is 32.5. The van der Waals surface area contributed by atoms with Gasteiger partial charge >= 0.3 is 12.4 Å². The van der Waals surface area contributed by atoms with Crippen molar-refractivity contribution in [3.63, 3.8) is 0 Å². The average Bonchev–Trinajstić information content (AvgIpc) is 3.21. The Labute approximate surface area is 234 Å². The molecule has 2 heterocycles. The zero-order chi connectivity index (χ0) is 29.9. The number of halogens is 4. The number of nitrogens with one attached hydrogen (secondary N) is 1. The molecule has 2 aromatic carbocycles. The zero-order valence-corrected chi connectivity index (χ0v) is 23.0. The standard InChI is InChI=1S/C24H23F4N2O9PS/c1-34-13-3-7-15(8-4-13)38-40(41,39-16-9-5-14(35-2)6-10-16)36-12-24(22(27)28)19(31)18(26)21(37-24)30-11-17(25)20(32)29-23(30)33/h3-11,18-19,21-22,31H,12H2,1-2H3,(H,29,32,33)/t18-,19+,21-,24-/m1/s1. The molecule has 0 aliphatic carbocycles. The van der Waals surface area contributed by atoms with Gasteiger partial charge in [-0.05, 0) is 48.5 Å². The van der Waals surface area contributed by atoms with Crippen LogP contribution in [0.1, 0.15) is 6.23 Å². The molecule has 2 N–H and O–H groups in total. The van der Waals surface area contributed by atoms with Crippen LogP contribution >= 0.6 is 6.72 Å². The van der Waals surface area contributed by atoms with Crippen molar-refractivity contribution >= 4 is 18.5 Å². The lowest BCUT2D eigenvalue weighted by molar-refractivity contribution is -0.192. The van der Waals surface area contributed by atoms with Gasteiger partial charge in [0.1, 0.15) is 29.1 Å². The second-order valence-corrected chi connectivity index (χ2v) is 11.4. The van der Waals surface area contributed by atoms with Gasteiger partial charge in [0.25, 0.3) is 12.0 Å². The van der Waals surface area contributed by atoms with E-state index in [1.54, 1.807) is 4.98 Å². The van der Waals surface area contributed by atoms with Crippen LogP contribution < -0.4 is 29.8 Å². The van der Waals surface area contributed by atoms with E-state index in [2.05, 4.69) is 0 Å². The third-order valence-corrected chi connectivity index (χ3v) is 8.06. The highest BCUT2D eigenvalue weighted by Crippen LogP contribution is 2.53. The Morgan fingerprint density at radius 3 is 1.98 bits per heavy atom. The molecule has 11 nitrogen and oxygen atoms in total. The SMILES string of the molecule is COc1ccc(OP(=S)(OC[C@@]2(C(F)F)O[C@@H](n3cc(F)c(=O)[nH]c3=O)[C@H](F)[C@@H]2O)Oc2ccc(OC)cc2)cc1. The maximum absolute atomic E-state index is 15.1. The molecule has 222 valence electrons. The van der Waals surface area contributed by atoms with E-state index in [4.69, 9.17) is 39.6 Å². The van der Waals surface area contributed by atoms with Crippen LogP contribution in [0.2, 0.25) is 0 Å². The van der Waals surface area contributed by atoms with Gasteiger partial charge in [0.15, 0.2) is 18.0 Å². The summed E-state index contributed by atoms with van der Waals surface area (Å²) in [6, 6.07) is 11.8. The van der Waals surface area contributed by atoms with Crippen LogP contribution in [0, 0.1) is 5.82 Å². The third kappa shape index (κ3) is 6.41. The molecule has 1 aliphatic heterocycles. The Kier molecular flexibility index (Phi) is 9.09. The highest BCUT2D eigenvalue weighted by molar-refractivity contribution is 8.07. The number of rotatable bonds is 11. The van der Waals surface area contributed by atoms with Crippen molar-refractivity contribution in [3.8, 4) is 23.0 Å². The van der Waals surface area contributed by atoms with Crippen LogP contribution in [-0.2, 0) is 21.1 Å². The van der Waals surface area contributed by atoms with Crippen molar-refractivity contribution in [1.29, 1.82) is 0 Å². The molecule has 1 saturated heterocycles. The van der Waals surface area contributed by atoms with Crippen LogP contribution in [0.15, 0.2) is 64.3 Å². The summed E-state index contributed by atoms with van der Waals surface area (Å²) < 4.78 is 90.5. The molecule has 17 heteroatoms. The van der Waals surface area contributed by atoms with Crippen LogP contribution in [0.3, 0.4) is 0 Å². The minimum absolute atomic E-state index is 0.0955. The maximum Gasteiger partial charge on any atom is 0.435 e. The summed E-state index contributed by atoms with van der Waals surface area (Å²) in [7, 11) is 2.88. The molecular formula is C24H23F4N2O9PS. The summed E-state index contributed by atoms with van der Waals surface area (Å²) in [5.74, 6) is -0.389. The molecule has 0 saturated carbocycles. The van der Waals surface area contributed by atoms with E-state index in [1.165, 1.54) is 62.8 Å². The van der Waals surface area contributed by atoms with E-state index in [0.29, 0.717) is 11.5 Å². The molecule has 1 aliphatic rings. The first-order valence-corrected chi connectivity index (χ1v) is 14.2. The summed E-state index contributed by atoms with van der Waals surface area (Å²) in [5.41, 5.74) is -5.90. The van der Waals surface area contributed by atoms with Gasteiger partial charge in [0.2, 0.25) is 5.82 Å². The fraction of sp³-hybridized carbons (Fsp3) is 0.333. The zero-order valence-electron chi connectivity index (χ0n) is 21.2. The summed E-state index contributed by atoms with van der Waals surface area (Å²) in [6.45, 7) is -5.36. The highest BCUT2D eigenvalue weighted by Gasteiger charge is 2.62. The van der Waals surface area contributed by atoms with E-state index in [-0.39, 0.29) is 22.3 Å². The van der Waals surface area contributed by atoms with Gasteiger partial charge in [0, 0.05) is 11.8 Å². The number of hydrogen-bond donors (Lipinski definition) is 2. The topological polar surface area (TPSA) is 130 Å². The van der Waals surface area contributed by atoms with Crippen molar-refractivity contribution in [3.05, 3.63) is 81.4 Å². The maximum atomic E-state index is 15.1. The molecule has 41 heavy (non-hydrogen) atoms. The first-order chi connectivity index (χ1) is 19.4. The van der Waals surface area contributed by atoms with E-state index in [9.17, 15) is 27.9 Å². The van der Waals surface area contributed by atoms with Gasteiger partial charge in [-0.1, -0.05) is 0 Å². The fourth-order valence-electron chi connectivity index (χ4n) is 3.79. The van der Waals surface area contributed by atoms with Crippen LogP contribution in [-0.4, -0.2) is 59.8 Å². The number of methoxy groups -OCH3 is 2. The minimum Gasteiger partial charge on any atom is -0.497 e. The summed E-state index contributed by atoms with van der Waals surface area (Å²) in [6.07, 6.45) is -10.9. The van der Waals surface area contributed by atoms with Crippen LogP contribution in [0.5, 0.6) is 23.0 Å². The van der Waals surface area contributed by atoms with Crippen molar-refractivity contribution in [1.82, 2.24) is 9.55 Å². The quantitative estimate of drug-likeness (QED) is 0.243. The molecule has 0 unspecified atom stereocenters. The number of aliphatic hydroxyl groups is 1. The molecule has 1 aromatic heterocycles. The molecule has 4 rings (SSSR count).